The second kappa shape index (κ2) is 11.2. The highest BCUT2D eigenvalue weighted by atomic mass is 16.6. The number of ether oxygens (including phenoxy) is 4. The predicted octanol–water partition coefficient (Wildman–Crippen LogP) is 5.59. The van der Waals surface area contributed by atoms with Crippen LogP contribution in [-0.4, -0.2) is 25.2 Å². The summed E-state index contributed by atoms with van der Waals surface area (Å²) < 4.78 is 22.7. The first kappa shape index (κ1) is 23.2. The maximum absolute atomic E-state index is 11.7. The summed E-state index contributed by atoms with van der Waals surface area (Å²) in [6.07, 6.45) is 0.982. The second-order valence-electron chi connectivity index (χ2n) is 7.83. The van der Waals surface area contributed by atoms with Crippen molar-refractivity contribution in [1.82, 2.24) is 5.32 Å². The molecule has 1 unspecified atom stereocenters. The van der Waals surface area contributed by atoms with Crippen molar-refractivity contribution in [1.29, 1.82) is 0 Å². The van der Waals surface area contributed by atoms with E-state index >= 15 is 0 Å². The van der Waals surface area contributed by atoms with Gasteiger partial charge in [-0.15, -0.1) is 0 Å². The number of amides is 2. The number of aryl methyl sites for hydroxylation is 1. The van der Waals surface area contributed by atoms with Gasteiger partial charge in [0.15, 0.2) is 0 Å². The number of rotatable bonds is 11. The van der Waals surface area contributed by atoms with Gasteiger partial charge >= 0.3 is 6.09 Å². The summed E-state index contributed by atoms with van der Waals surface area (Å²) in [6, 6.07) is 22.5. The minimum Gasteiger partial charge on any atom is -0.493 e. The molecule has 1 fully saturated rings. The fourth-order valence-corrected chi connectivity index (χ4v) is 3.59. The van der Waals surface area contributed by atoms with E-state index in [-0.39, 0.29) is 0 Å². The number of para-hydroxylation sites is 1. The standard InChI is InChI=1S/C27H27NO6/c1-2-7-20-18-23(33-22-8-4-3-5-9-22)14-15-24(20)32-17-6-16-31-21-12-10-19(11-13-21)25-26(29)28-27(30)34-25/h3-5,8-15,18,25H,2,6-7,16-17H2,1H3,(H,28,29,30). The maximum atomic E-state index is 11.7. The maximum Gasteiger partial charge on any atom is 0.415 e. The molecule has 34 heavy (non-hydrogen) atoms. The molecule has 0 saturated carbocycles. The van der Waals surface area contributed by atoms with E-state index in [1.54, 1.807) is 24.3 Å². The van der Waals surface area contributed by atoms with E-state index in [9.17, 15) is 9.59 Å². The second-order valence-corrected chi connectivity index (χ2v) is 7.83. The zero-order valence-corrected chi connectivity index (χ0v) is 19.0. The van der Waals surface area contributed by atoms with Crippen LogP contribution >= 0.6 is 0 Å². The molecule has 1 heterocycles. The monoisotopic (exact) mass is 461 g/mol. The third kappa shape index (κ3) is 6.07. The van der Waals surface area contributed by atoms with Gasteiger partial charge in [0.25, 0.3) is 5.91 Å². The molecule has 176 valence electrons. The van der Waals surface area contributed by atoms with Gasteiger partial charge < -0.3 is 18.9 Å². The van der Waals surface area contributed by atoms with Crippen LogP contribution < -0.4 is 19.5 Å². The van der Waals surface area contributed by atoms with E-state index in [0.29, 0.717) is 30.9 Å². The Morgan fingerprint density at radius 1 is 0.853 bits per heavy atom. The Labute approximate surface area is 198 Å². The van der Waals surface area contributed by atoms with Crippen molar-refractivity contribution < 1.29 is 28.5 Å². The summed E-state index contributed by atoms with van der Waals surface area (Å²) in [5, 5.41) is 2.12. The summed E-state index contributed by atoms with van der Waals surface area (Å²) in [7, 11) is 0. The van der Waals surface area contributed by atoms with E-state index in [1.807, 2.05) is 48.5 Å². The van der Waals surface area contributed by atoms with Gasteiger partial charge in [0.05, 0.1) is 13.2 Å². The average molecular weight is 462 g/mol. The lowest BCUT2D eigenvalue weighted by molar-refractivity contribution is -0.123. The summed E-state index contributed by atoms with van der Waals surface area (Å²) in [4.78, 5) is 22.8. The molecule has 3 aromatic carbocycles. The molecule has 2 amide bonds. The first-order valence-corrected chi connectivity index (χ1v) is 11.4. The lowest BCUT2D eigenvalue weighted by Crippen LogP contribution is -2.20. The molecular weight excluding hydrogens is 434 g/mol. The topological polar surface area (TPSA) is 83.1 Å². The number of carbonyl (C=O) groups excluding carboxylic acids is 2. The number of hydrogen-bond donors (Lipinski definition) is 1. The van der Waals surface area contributed by atoms with Gasteiger partial charge in [-0.05, 0) is 54.4 Å². The number of nitrogens with one attached hydrogen (secondary N) is 1. The van der Waals surface area contributed by atoms with Gasteiger partial charge in [-0.25, -0.2) is 4.79 Å². The fraction of sp³-hybridized carbons (Fsp3) is 0.259. The van der Waals surface area contributed by atoms with Gasteiger partial charge in [0.2, 0.25) is 6.10 Å². The molecule has 7 heteroatoms. The quantitative estimate of drug-likeness (QED) is 0.375. The first-order chi connectivity index (χ1) is 16.6. The van der Waals surface area contributed by atoms with Crippen LogP contribution in [0.3, 0.4) is 0 Å². The number of carbonyl (C=O) groups is 2. The molecule has 4 rings (SSSR count). The number of hydrogen-bond acceptors (Lipinski definition) is 6. The molecule has 0 aliphatic carbocycles. The van der Waals surface area contributed by atoms with Crippen LogP contribution in [0.25, 0.3) is 0 Å². The highest BCUT2D eigenvalue weighted by Gasteiger charge is 2.33. The molecule has 1 N–H and O–H groups in total. The molecule has 0 spiro atoms. The Bertz CT molecular complexity index is 1110. The average Bonchev–Trinajstić information content (AvgIpc) is 3.19. The summed E-state index contributed by atoms with van der Waals surface area (Å²) in [6.45, 7) is 3.14. The molecule has 0 radical (unpaired) electrons. The Morgan fingerprint density at radius 2 is 1.59 bits per heavy atom. The van der Waals surface area contributed by atoms with Crippen LogP contribution in [0.5, 0.6) is 23.0 Å². The van der Waals surface area contributed by atoms with Gasteiger partial charge in [-0.2, -0.15) is 0 Å². The zero-order valence-electron chi connectivity index (χ0n) is 19.0. The van der Waals surface area contributed by atoms with Crippen molar-refractivity contribution in [3.8, 4) is 23.0 Å². The fourth-order valence-electron chi connectivity index (χ4n) is 3.59. The van der Waals surface area contributed by atoms with E-state index in [2.05, 4.69) is 12.2 Å². The van der Waals surface area contributed by atoms with Gasteiger partial charge in [0, 0.05) is 12.0 Å². The third-order valence-corrected chi connectivity index (χ3v) is 5.22. The number of alkyl carbamates (subject to hydrolysis) is 1. The predicted molar refractivity (Wildman–Crippen MR) is 126 cm³/mol. The first-order valence-electron chi connectivity index (χ1n) is 11.4. The lowest BCUT2D eigenvalue weighted by atomic mass is 10.1. The van der Waals surface area contributed by atoms with Crippen molar-refractivity contribution >= 4 is 12.0 Å². The van der Waals surface area contributed by atoms with E-state index in [4.69, 9.17) is 18.9 Å². The SMILES string of the molecule is CCCc1cc(Oc2ccccc2)ccc1OCCCOc1ccc(C2OC(=O)NC2=O)cc1. The molecule has 3 aromatic rings. The number of cyclic esters (lactones) is 1. The molecule has 1 aliphatic heterocycles. The normalized spacial score (nSPS) is 14.9. The van der Waals surface area contributed by atoms with Gasteiger partial charge in [-0.1, -0.05) is 43.7 Å². The lowest BCUT2D eigenvalue weighted by Gasteiger charge is -2.14. The van der Waals surface area contributed by atoms with Crippen LogP contribution in [0.15, 0.2) is 72.8 Å². The largest absolute Gasteiger partial charge is 0.493 e. The zero-order chi connectivity index (χ0) is 23.8. The van der Waals surface area contributed by atoms with Crippen LogP contribution in [0.4, 0.5) is 4.79 Å². The Hall–Kier alpha value is -4.00. The highest BCUT2D eigenvalue weighted by molar-refractivity contribution is 6.00. The van der Waals surface area contributed by atoms with E-state index in [1.165, 1.54) is 0 Å². The molecule has 1 aliphatic rings. The van der Waals surface area contributed by atoms with Gasteiger partial charge in [0.1, 0.15) is 23.0 Å². The Morgan fingerprint density at radius 3 is 2.29 bits per heavy atom. The Balaban J connectivity index is 1.24. The smallest absolute Gasteiger partial charge is 0.415 e. The minimum absolute atomic E-state index is 0.460. The number of imide groups is 1. The van der Waals surface area contributed by atoms with Gasteiger partial charge in [-0.3, -0.25) is 10.1 Å². The summed E-state index contributed by atoms with van der Waals surface area (Å²) in [5.41, 5.74) is 1.71. The van der Waals surface area contributed by atoms with Crippen LogP contribution in [0, 0.1) is 0 Å². The van der Waals surface area contributed by atoms with Crippen molar-refractivity contribution in [2.24, 2.45) is 0 Å². The van der Waals surface area contributed by atoms with Crippen LogP contribution in [-0.2, 0) is 16.0 Å². The van der Waals surface area contributed by atoms with Crippen LogP contribution in [0.2, 0.25) is 0 Å². The molecule has 0 bridgehead atoms. The number of benzene rings is 3. The van der Waals surface area contributed by atoms with Crippen LogP contribution in [0.1, 0.15) is 37.0 Å². The van der Waals surface area contributed by atoms with Crippen molar-refractivity contribution in [3.05, 3.63) is 83.9 Å². The third-order valence-electron chi connectivity index (χ3n) is 5.22. The van der Waals surface area contributed by atoms with Crippen molar-refractivity contribution in [2.75, 3.05) is 13.2 Å². The van der Waals surface area contributed by atoms with E-state index < -0.39 is 18.1 Å². The summed E-state index contributed by atoms with van der Waals surface area (Å²) >= 11 is 0. The molecule has 1 saturated heterocycles. The minimum atomic E-state index is -0.906. The van der Waals surface area contributed by atoms with Crippen molar-refractivity contribution in [3.63, 3.8) is 0 Å². The molecule has 7 nitrogen and oxygen atoms in total. The molecule has 0 aromatic heterocycles. The highest BCUT2D eigenvalue weighted by Crippen LogP contribution is 2.29. The molecule has 1 atom stereocenters. The van der Waals surface area contributed by atoms with Crippen molar-refractivity contribution in [2.45, 2.75) is 32.3 Å². The summed E-state index contributed by atoms with van der Waals surface area (Å²) in [5.74, 6) is 2.66. The van der Waals surface area contributed by atoms with E-state index in [0.717, 1.165) is 35.7 Å². The Kier molecular flexibility index (Phi) is 7.65. The molecular formula is C27H27NO6.